The van der Waals surface area contributed by atoms with E-state index in [-0.39, 0.29) is 6.42 Å². The number of aliphatic carboxylic acids is 1. The van der Waals surface area contributed by atoms with Gasteiger partial charge in [0.05, 0.1) is 6.61 Å². The number of nitrogens with two attached hydrogens (primary N) is 1. The Morgan fingerprint density at radius 2 is 2.27 bits per heavy atom. The first-order valence-corrected chi connectivity index (χ1v) is 4.86. The molecule has 82 valence electrons. The van der Waals surface area contributed by atoms with Crippen LogP contribution in [-0.2, 0) is 11.2 Å². The summed E-state index contributed by atoms with van der Waals surface area (Å²) in [6.07, 6.45) is 0.527. The van der Waals surface area contributed by atoms with Crippen LogP contribution in [0.25, 0.3) is 0 Å². The van der Waals surface area contributed by atoms with Gasteiger partial charge in [-0.2, -0.15) is 0 Å². The van der Waals surface area contributed by atoms with E-state index < -0.39 is 5.97 Å². The summed E-state index contributed by atoms with van der Waals surface area (Å²) in [6, 6.07) is 5.28. The fourth-order valence-corrected chi connectivity index (χ4v) is 1.33. The standard InChI is InChI=1S/C11H15NO3/c1-2-15-10-5-4-9(12)7-8(10)3-6-11(13)14/h4-5,7H,2-3,6,12H2,1H3,(H,13,14). The smallest absolute Gasteiger partial charge is 0.303 e. The van der Waals surface area contributed by atoms with E-state index in [0.29, 0.717) is 24.5 Å². The van der Waals surface area contributed by atoms with Crippen molar-refractivity contribution in [1.82, 2.24) is 0 Å². The minimum atomic E-state index is -0.820. The molecule has 4 heteroatoms. The lowest BCUT2D eigenvalue weighted by atomic mass is 10.1. The third-order valence-corrected chi connectivity index (χ3v) is 1.99. The molecule has 0 bridgehead atoms. The van der Waals surface area contributed by atoms with Gasteiger partial charge in [-0.15, -0.1) is 0 Å². The van der Waals surface area contributed by atoms with Crippen LogP contribution in [0.2, 0.25) is 0 Å². The Bertz CT molecular complexity index is 350. The molecule has 0 fully saturated rings. The van der Waals surface area contributed by atoms with Gasteiger partial charge in [-0.3, -0.25) is 4.79 Å². The predicted octanol–water partition coefficient (Wildman–Crippen LogP) is 1.68. The Balaban J connectivity index is 2.81. The normalized spacial score (nSPS) is 9.93. The highest BCUT2D eigenvalue weighted by atomic mass is 16.5. The Hall–Kier alpha value is -1.71. The summed E-state index contributed by atoms with van der Waals surface area (Å²) >= 11 is 0. The lowest BCUT2D eigenvalue weighted by Crippen LogP contribution is -2.02. The predicted molar refractivity (Wildman–Crippen MR) is 58.0 cm³/mol. The summed E-state index contributed by atoms with van der Waals surface area (Å²) in [5.74, 6) is -0.104. The second-order valence-corrected chi connectivity index (χ2v) is 3.19. The third kappa shape index (κ3) is 3.50. The van der Waals surface area contributed by atoms with Crippen molar-refractivity contribution >= 4 is 11.7 Å². The number of hydrogen-bond acceptors (Lipinski definition) is 3. The van der Waals surface area contributed by atoms with Crippen molar-refractivity contribution in [3.05, 3.63) is 23.8 Å². The Kier molecular flexibility index (Phi) is 3.97. The first kappa shape index (κ1) is 11.4. The van der Waals surface area contributed by atoms with E-state index in [2.05, 4.69) is 0 Å². The molecule has 1 aromatic carbocycles. The van der Waals surface area contributed by atoms with E-state index in [1.165, 1.54) is 0 Å². The second-order valence-electron chi connectivity index (χ2n) is 3.19. The van der Waals surface area contributed by atoms with Gasteiger partial charge < -0.3 is 15.6 Å². The van der Waals surface area contributed by atoms with Gasteiger partial charge in [-0.1, -0.05) is 0 Å². The highest BCUT2D eigenvalue weighted by Gasteiger charge is 2.06. The van der Waals surface area contributed by atoms with Gasteiger partial charge in [-0.25, -0.2) is 0 Å². The number of anilines is 1. The topological polar surface area (TPSA) is 72.5 Å². The van der Waals surface area contributed by atoms with Gasteiger partial charge in [0.25, 0.3) is 0 Å². The number of aryl methyl sites for hydroxylation is 1. The van der Waals surface area contributed by atoms with Crippen LogP contribution < -0.4 is 10.5 Å². The van der Waals surface area contributed by atoms with Crippen LogP contribution in [0.3, 0.4) is 0 Å². The van der Waals surface area contributed by atoms with Crippen LogP contribution in [-0.4, -0.2) is 17.7 Å². The van der Waals surface area contributed by atoms with E-state index in [0.717, 1.165) is 5.56 Å². The molecular weight excluding hydrogens is 194 g/mol. The molecule has 0 aliphatic heterocycles. The molecule has 0 aliphatic carbocycles. The molecule has 0 spiro atoms. The monoisotopic (exact) mass is 209 g/mol. The van der Waals surface area contributed by atoms with Crippen molar-refractivity contribution in [2.45, 2.75) is 19.8 Å². The van der Waals surface area contributed by atoms with Crippen molar-refractivity contribution in [2.75, 3.05) is 12.3 Å². The Morgan fingerprint density at radius 1 is 1.53 bits per heavy atom. The Morgan fingerprint density at radius 3 is 2.87 bits per heavy atom. The number of carbonyl (C=O) groups is 1. The third-order valence-electron chi connectivity index (χ3n) is 1.99. The molecule has 0 atom stereocenters. The molecule has 0 aromatic heterocycles. The molecule has 1 aromatic rings. The van der Waals surface area contributed by atoms with Gasteiger partial charge in [0.2, 0.25) is 0 Å². The number of benzene rings is 1. The molecule has 4 nitrogen and oxygen atoms in total. The van der Waals surface area contributed by atoms with Gasteiger partial charge in [0.15, 0.2) is 0 Å². The first-order chi connectivity index (χ1) is 7.13. The maximum Gasteiger partial charge on any atom is 0.303 e. The van der Waals surface area contributed by atoms with Crippen molar-refractivity contribution in [1.29, 1.82) is 0 Å². The van der Waals surface area contributed by atoms with Crippen LogP contribution in [0.15, 0.2) is 18.2 Å². The molecule has 0 heterocycles. The summed E-state index contributed by atoms with van der Waals surface area (Å²) in [6.45, 7) is 2.45. The Labute approximate surface area is 88.7 Å². The SMILES string of the molecule is CCOc1ccc(N)cc1CCC(=O)O. The van der Waals surface area contributed by atoms with E-state index in [1.54, 1.807) is 18.2 Å². The van der Waals surface area contributed by atoms with Crippen LogP contribution in [0.4, 0.5) is 5.69 Å². The van der Waals surface area contributed by atoms with Crippen LogP contribution in [0, 0.1) is 0 Å². The van der Waals surface area contributed by atoms with E-state index in [4.69, 9.17) is 15.6 Å². The summed E-state index contributed by atoms with van der Waals surface area (Å²) in [4.78, 5) is 10.5. The van der Waals surface area contributed by atoms with E-state index in [9.17, 15) is 4.79 Å². The van der Waals surface area contributed by atoms with Crippen molar-refractivity contribution in [3.8, 4) is 5.75 Å². The fraction of sp³-hybridized carbons (Fsp3) is 0.364. The number of carboxylic acid groups (broad SMARTS) is 1. The van der Waals surface area contributed by atoms with Gasteiger partial charge >= 0.3 is 5.97 Å². The summed E-state index contributed by atoms with van der Waals surface area (Å²) < 4.78 is 5.38. The maximum absolute atomic E-state index is 10.5. The lowest BCUT2D eigenvalue weighted by molar-refractivity contribution is -0.136. The van der Waals surface area contributed by atoms with Crippen LogP contribution in [0.1, 0.15) is 18.9 Å². The molecule has 0 saturated heterocycles. The largest absolute Gasteiger partial charge is 0.494 e. The minimum absolute atomic E-state index is 0.0868. The molecule has 0 unspecified atom stereocenters. The van der Waals surface area contributed by atoms with E-state index in [1.807, 2.05) is 6.92 Å². The number of rotatable bonds is 5. The number of nitrogen functional groups attached to an aromatic ring is 1. The summed E-state index contributed by atoms with van der Waals surface area (Å²) in [5.41, 5.74) is 7.10. The fourth-order valence-electron chi connectivity index (χ4n) is 1.33. The van der Waals surface area contributed by atoms with Crippen LogP contribution >= 0.6 is 0 Å². The average molecular weight is 209 g/mol. The number of hydrogen-bond donors (Lipinski definition) is 2. The van der Waals surface area contributed by atoms with Gasteiger partial charge in [0.1, 0.15) is 5.75 Å². The number of carboxylic acids is 1. The zero-order valence-corrected chi connectivity index (χ0v) is 8.69. The van der Waals surface area contributed by atoms with Crippen molar-refractivity contribution in [3.63, 3.8) is 0 Å². The molecule has 1 rings (SSSR count). The molecule has 0 aliphatic rings. The molecule has 3 N–H and O–H groups in total. The quantitative estimate of drug-likeness (QED) is 0.724. The highest BCUT2D eigenvalue weighted by molar-refractivity contribution is 5.67. The van der Waals surface area contributed by atoms with Crippen molar-refractivity contribution < 1.29 is 14.6 Å². The molecule has 0 saturated carbocycles. The van der Waals surface area contributed by atoms with Gasteiger partial charge in [-0.05, 0) is 37.1 Å². The average Bonchev–Trinajstić information content (AvgIpc) is 2.18. The first-order valence-electron chi connectivity index (χ1n) is 4.86. The number of ether oxygens (including phenoxy) is 1. The summed E-state index contributed by atoms with van der Waals surface area (Å²) in [5, 5.41) is 8.59. The molecule has 0 amide bonds. The second kappa shape index (κ2) is 5.24. The molecule has 0 radical (unpaired) electrons. The molecular formula is C11H15NO3. The molecule has 15 heavy (non-hydrogen) atoms. The zero-order valence-electron chi connectivity index (χ0n) is 8.69. The highest BCUT2D eigenvalue weighted by Crippen LogP contribution is 2.22. The lowest BCUT2D eigenvalue weighted by Gasteiger charge is -2.09. The van der Waals surface area contributed by atoms with Gasteiger partial charge in [0, 0.05) is 12.1 Å². The van der Waals surface area contributed by atoms with Crippen molar-refractivity contribution in [2.24, 2.45) is 0 Å². The summed E-state index contributed by atoms with van der Waals surface area (Å²) in [7, 11) is 0. The minimum Gasteiger partial charge on any atom is -0.494 e. The maximum atomic E-state index is 10.5. The van der Waals surface area contributed by atoms with E-state index >= 15 is 0 Å². The van der Waals surface area contributed by atoms with Crippen LogP contribution in [0.5, 0.6) is 5.75 Å². The zero-order chi connectivity index (χ0) is 11.3.